The Balaban J connectivity index is 2.13. The second kappa shape index (κ2) is 7.25. The number of hydrogen-bond acceptors (Lipinski definition) is 4. The molecule has 5 nitrogen and oxygen atoms in total. The van der Waals surface area contributed by atoms with Gasteiger partial charge in [0.1, 0.15) is 0 Å². The summed E-state index contributed by atoms with van der Waals surface area (Å²) in [5.41, 5.74) is 2.33. The highest BCUT2D eigenvalue weighted by Gasteiger charge is 2.07. The van der Waals surface area contributed by atoms with Crippen molar-refractivity contribution in [3.8, 4) is 6.07 Å². The van der Waals surface area contributed by atoms with Crippen LogP contribution in [-0.2, 0) is 6.54 Å². The van der Waals surface area contributed by atoms with Gasteiger partial charge in [0, 0.05) is 29.8 Å². The van der Waals surface area contributed by atoms with E-state index in [1.54, 1.807) is 24.3 Å². The molecule has 110 valence electrons. The van der Waals surface area contributed by atoms with Gasteiger partial charge in [0.05, 0.1) is 16.7 Å². The van der Waals surface area contributed by atoms with Crippen LogP contribution in [0.5, 0.6) is 0 Å². The molecule has 0 bridgehead atoms. The molecule has 0 fully saturated rings. The maximum atomic E-state index is 10.7. The van der Waals surface area contributed by atoms with Crippen LogP contribution >= 0.6 is 11.6 Å². The van der Waals surface area contributed by atoms with Crippen LogP contribution in [0.2, 0.25) is 5.02 Å². The lowest BCUT2D eigenvalue weighted by molar-refractivity contribution is -0.384. The maximum absolute atomic E-state index is 10.7. The van der Waals surface area contributed by atoms with Gasteiger partial charge in [-0.15, -0.1) is 0 Å². The van der Waals surface area contributed by atoms with Gasteiger partial charge in [-0.2, -0.15) is 5.26 Å². The second-order valence-electron chi connectivity index (χ2n) is 4.47. The zero-order valence-electron chi connectivity index (χ0n) is 11.5. The lowest BCUT2D eigenvalue weighted by atomic mass is 10.1. The normalized spacial score (nSPS) is 10.8. The van der Waals surface area contributed by atoms with E-state index in [0.29, 0.717) is 22.8 Å². The molecule has 2 rings (SSSR count). The molecule has 0 amide bonds. The summed E-state index contributed by atoms with van der Waals surface area (Å²) in [5.74, 6) is 0. The van der Waals surface area contributed by atoms with Crippen molar-refractivity contribution in [3.63, 3.8) is 0 Å². The second-order valence-corrected chi connectivity index (χ2v) is 4.91. The van der Waals surface area contributed by atoms with E-state index >= 15 is 0 Å². The average Bonchev–Trinajstić information content (AvgIpc) is 2.53. The minimum Gasteiger partial charge on any atom is -0.380 e. The Hall–Kier alpha value is -2.84. The molecular weight excluding hydrogens is 302 g/mol. The summed E-state index contributed by atoms with van der Waals surface area (Å²) in [6, 6.07) is 15.3. The van der Waals surface area contributed by atoms with Crippen molar-refractivity contribution < 1.29 is 4.92 Å². The SMILES string of the molecule is N#C/C=C(/NCc1ccc(Cl)cc1)c1ccc([N+](=O)[O-])cc1. The van der Waals surface area contributed by atoms with Crippen LogP contribution < -0.4 is 5.32 Å². The van der Waals surface area contributed by atoms with Gasteiger partial charge in [0.15, 0.2) is 0 Å². The van der Waals surface area contributed by atoms with Crippen molar-refractivity contribution in [2.24, 2.45) is 0 Å². The van der Waals surface area contributed by atoms with Gasteiger partial charge in [0.2, 0.25) is 0 Å². The minimum atomic E-state index is -0.460. The number of nitriles is 1. The molecule has 0 saturated carbocycles. The number of rotatable bonds is 5. The number of nitrogens with zero attached hydrogens (tertiary/aromatic N) is 2. The molecule has 0 radical (unpaired) electrons. The largest absolute Gasteiger partial charge is 0.380 e. The summed E-state index contributed by atoms with van der Waals surface area (Å²) in [6.07, 6.45) is 1.37. The van der Waals surface area contributed by atoms with Crippen molar-refractivity contribution in [2.75, 3.05) is 0 Å². The standard InChI is InChI=1S/C16H12ClN3O2/c17-14-5-1-12(2-6-14)11-19-16(9-10-18)13-3-7-15(8-4-13)20(21)22/h1-9,19H,11H2/b16-9+. The summed E-state index contributed by atoms with van der Waals surface area (Å²) in [4.78, 5) is 10.2. The first-order chi connectivity index (χ1) is 10.6. The summed E-state index contributed by atoms with van der Waals surface area (Å²) >= 11 is 5.83. The van der Waals surface area contributed by atoms with E-state index in [4.69, 9.17) is 16.9 Å². The molecule has 0 atom stereocenters. The van der Waals surface area contributed by atoms with E-state index in [1.807, 2.05) is 18.2 Å². The van der Waals surface area contributed by atoms with Gasteiger partial charge in [-0.25, -0.2) is 0 Å². The third kappa shape index (κ3) is 4.08. The van der Waals surface area contributed by atoms with Crippen molar-refractivity contribution in [1.82, 2.24) is 5.32 Å². The Morgan fingerprint density at radius 1 is 1.23 bits per heavy atom. The molecule has 0 spiro atoms. The Morgan fingerprint density at radius 3 is 2.41 bits per heavy atom. The molecule has 0 aromatic heterocycles. The van der Waals surface area contributed by atoms with Gasteiger partial charge in [-0.05, 0) is 35.4 Å². The van der Waals surface area contributed by atoms with Crippen LogP contribution in [0, 0.1) is 21.4 Å². The van der Waals surface area contributed by atoms with Gasteiger partial charge < -0.3 is 5.32 Å². The van der Waals surface area contributed by atoms with E-state index in [0.717, 1.165) is 5.56 Å². The smallest absolute Gasteiger partial charge is 0.269 e. The highest BCUT2D eigenvalue weighted by atomic mass is 35.5. The average molecular weight is 314 g/mol. The van der Waals surface area contributed by atoms with E-state index in [9.17, 15) is 10.1 Å². The summed E-state index contributed by atoms with van der Waals surface area (Å²) in [7, 11) is 0. The minimum absolute atomic E-state index is 0.0118. The van der Waals surface area contributed by atoms with Crippen LogP contribution in [0.15, 0.2) is 54.6 Å². The Kier molecular flexibility index (Phi) is 5.12. The molecule has 22 heavy (non-hydrogen) atoms. The van der Waals surface area contributed by atoms with Crippen LogP contribution in [0.25, 0.3) is 5.70 Å². The number of nitrogens with one attached hydrogen (secondary N) is 1. The predicted octanol–water partition coefficient (Wildman–Crippen LogP) is 3.90. The zero-order valence-corrected chi connectivity index (χ0v) is 12.2. The predicted molar refractivity (Wildman–Crippen MR) is 85.0 cm³/mol. The monoisotopic (exact) mass is 313 g/mol. The molecule has 6 heteroatoms. The molecule has 2 aromatic rings. The quantitative estimate of drug-likeness (QED) is 0.516. The van der Waals surface area contributed by atoms with Crippen molar-refractivity contribution in [3.05, 3.63) is 80.9 Å². The highest BCUT2D eigenvalue weighted by molar-refractivity contribution is 6.30. The van der Waals surface area contributed by atoms with Crippen LogP contribution in [-0.4, -0.2) is 4.92 Å². The number of halogens is 1. The third-order valence-corrected chi connectivity index (χ3v) is 3.25. The molecule has 0 aliphatic rings. The van der Waals surface area contributed by atoms with Crippen molar-refractivity contribution >= 4 is 23.0 Å². The molecule has 1 N–H and O–H groups in total. The fourth-order valence-corrected chi connectivity index (χ4v) is 1.99. The first-order valence-corrected chi connectivity index (χ1v) is 6.81. The Labute approximate surface area is 132 Å². The molecule has 2 aromatic carbocycles. The Morgan fingerprint density at radius 2 is 1.86 bits per heavy atom. The van der Waals surface area contributed by atoms with Gasteiger partial charge in [-0.1, -0.05) is 23.7 Å². The fraction of sp³-hybridized carbons (Fsp3) is 0.0625. The van der Waals surface area contributed by atoms with Crippen LogP contribution in [0.3, 0.4) is 0 Å². The third-order valence-electron chi connectivity index (χ3n) is 2.99. The summed E-state index contributed by atoms with van der Waals surface area (Å²) in [6.45, 7) is 0.516. The lowest BCUT2D eigenvalue weighted by Crippen LogP contribution is -2.11. The maximum Gasteiger partial charge on any atom is 0.269 e. The number of nitro groups is 1. The number of hydrogen-bond donors (Lipinski definition) is 1. The van der Waals surface area contributed by atoms with E-state index in [-0.39, 0.29) is 5.69 Å². The van der Waals surface area contributed by atoms with Gasteiger partial charge in [0.25, 0.3) is 5.69 Å². The van der Waals surface area contributed by atoms with Gasteiger partial charge in [-0.3, -0.25) is 10.1 Å². The first kappa shape index (κ1) is 15.5. The van der Waals surface area contributed by atoms with Crippen molar-refractivity contribution in [2.45, 2.75) is 6.54 Å². The Bertz CT molecular complexity index is 731. The molecular formula is C16H12ClN3O2. The van der Waals surface area contributed by atoms with Crippen LogP contribution in [0.1, 0.15) is 11.1 Å². The van der Waals surface area contributed by atoms with Crippen molar-refractivity contribution in [1.29, 1.82) is 5.26 Å². The first-order valence-electron chi connectivity index (χ1n) is 6.43. The molecule has 0 aliphatic heterocycles. The lowest BCUT2D eigenvalue weighted by Gasteiger charge is -2.10. The summed E-state index contributed by atoms with van der Waals surface area (Å²) < 4.78 is 0. The molecule has 0 heterocycles. The highest BCUT2D eigenvalue weighted by Crippen LogP contribution is 2.18. The molecule has 0 saturated heterocycles. The van der Waals surface area contributed by atoms with Gasteiger partial charge >= 0.3 is 0 Å². The number of allylic oxidation sites excluding steroid dienone is 1. The van der Waals surface area contributed by atoms with E-state index < -0.39 is 4.92 Å². The fourth-order valence-electron chi connectivity index (χ4n) is 1.86. The molecule has 0 aliphatic carbocycles. The number of nitro benzene ring substituents is 1. The number of non-ortho nitro benzene ring substituents is 1. The van der Waals surface area contributed by atoms with Crippen LogP contribution in [0.4, 0.5) is 5.69 Å². The zero-order chi connectivity index (χ0) is 15.9. The topological polar surface area (TPSA) is 79.0 Å². The number of benzene rings is 2. The van der Waals surface area contributed by atoms with E-state index in [1.165, 1.54) is 18.2 Å². The summed E-state index contributed by atoms with van der Waals surface area (Å²) in [5, 5.41) is 23.3. The molecule has 0 unspecified atom stereocenters. The van der Waals surface area contributed by atoms with E-state index in [2.05, 4.69) is 5.32 Å².